The summed E-state index contributed by atoms with van der Waals surface area (Å²) in [4.78, 5) is 54.4. The van der Waals surface area contributed by atoms with Crippen LogP contribution in [0.3, 0.4) is 0 Å². The summed E-state index contributed by atoms with van der Waals surface area (Å²) in [5, 5.41) is 17.5. The van der Waals surface area contributed by atoms with Gasteiger partial charge in [0.05, 0.1) is 36.8 Å². The molecule has 4 amide bonds. The van der Waals surface area contributed by atoms with Crippen LogP contribution in [0.25, 0.3) is 11.3 Å². The first kappa shape index (κ1) is 44.1. The number of hydrazine groups is 1. The summed E-state index contributed by atoms with van der Waals surface area (Å²) >= 11 is 13.0. The van der Waals surface area contributed by atoms with Crippen LogP contribution in [-0.4, -0.2) is 96.9 Å². The highest BCUT2D eigenvalue weighted by atomic mass is 35.5. The van der Waals surface area contributed by atoms with E-state index in [0.717, 1.165) is 19.2 Å². The van der Waals surface area contributed by atoms with E-state index in [9.17, 15) is 50.6 Å². The van der Waals surface area contributed by atoms with Crippen molar-refractivity contribution in [3.8, 4) is 11.3 Å². The molecule has 5 N–H and O–H groups in total. The molecule has 0 aliphatic rings. The molecular formula is C31H38Cl2F6N6O7. The number of benzene rings is 1. The molecule has 2 rings (SSSR count). The van der Waals surface area contributed by atoms with Crippen molar-refractivity contribution in [3.05, 3.63) is 52.1 Å². The van der Waals surface area contributed by atoms with Crippen LogP contribution in [0.2, 0.25) is 10.0 Å². The Hall–Kier alpha value is -4.07. The third-order valence-electron chi connectivity index (χ3n) is 7.99. The number of aromatic nitrogens is 1. The zero-order valence-corrected chi connectivity index (χ0v) is 30.1. The molecule has 52 heavy (non-hydrogen) atoms. The number of alkyl halides is 6. The molecule has 0 fully saturated rings. The second kappa shape index (κ2) is 17.6. The molecule has 0 saturated heterocycles. The largest absolute Gasteiger partial charge is 0.453 e. The standard InChI is InChI=1S/C31H38Cl2F6N6O7/c1-28(2,30(34,35)36)22(42-26(49)51-5)24(47)41-13-17(46)14-45(44-25(48)23(43-27(50)52-6)29(3,4)31(37,38)39)15-18-19(32)11-16(12-20(18)33)21-9-7-8-10-40-21/h7-12,17,22-23,46H,13-15H2,1-6H3,(H,41,47)(H,42,49)(H,43,50)(H,44,48)/t17-,22?,23-/m1/s1. The van der Waals surface area contributed by atoms with Crippen LogP contribution in [0.15, 0.2) is 36.5 Å². The molecule has 290 valence electrons. The van der Waals surface area contributed by atoms with Crippen molar-refractivity contribution in [1.82, 2.24) is 31.4 Å². The fraction of sp³-hybridized carbons (Fsp3) is 0.516. The normalized spacial score (nSPS) is 14.2. The van der Waals surface area contributed by atoms with Crippen LogP contribution >= 0.6 is 23.2 Å². The number of rotatable bonds is 14. The second-order valence-corrected chi connectivity index (χ2v) is 13.3. The average molecular weight is 792 g/mol. The van der Waals surface area contributed by atoms with Gasteiger partial charge in [0.15, 0.2) is 0 Å². The molecular weight excluding hydrogens is 753 g/mol. The molecule has 2 aromatic rings. The number of alkyl carbamates (subject to hydrolysis) is 2. The highest BCUT2D eigenvalue weighted by molar-refractivity contribution is 6.36. The van der Waals surface area contributed by atoms with Gasteiger partial charge in [-0.2, -0.15) is 26.3 Å². The number of halogens is 8. The van der Waals surface area contributed by atoms with Gasteiger partial charge in [0.2, 0.25) is 5.91 Å². The number of aliphatic hydroxyl groups excluding tert-OH is 1. The molecule has 13 nitrogen and oxygen atoms in total. The number of aliphatic hydroxyl groups is 1. The first-order chi connectivity index (χ1) is 23.9. The van der Waals surface area contributed by atoms with Gasteiger partial charge in [0.25, 0.3) is 5.91 Å². The van der Waals surface area contributed by atoms with Crippen molar-refractivity contribution in [1.29, 1.82) is 0 Å². The van der Waals surface area contributed by atoms with E-state index in [-0.39, 0.29) is 15.6 Å². The van der Waals surface area contributed by atoms with E-state index in [1.807, 2.05) is 10.6 Å². The minimum atomic E-state index is -5.04. The van der Waals surface area contributed by atoms with Crippen LogP contribution in [0.4, 0.5) is 35.9 Å². The molecule has 1 aromatic heterocycles. The van der Waals surface area contributed by atoms with Gasteiger partial charge in [0, 0.05) is 47.0 Å². The lowest BCUT2D eigenvalue weighted by atomic mass is 9.83. The van der Waals surface area contributed by atoms with Gasteiger partial charge in [-0.25, -0.2) is 14.6 Å². The predicted molar refractivity (Wildman–Crippen MR) is 176 cm³/mol. The fourth-order valence-corrected chi connectivity index (χ4v) is 5.07. The van der Waals surface area contributed by atoms with Crippen molar-refractivity contribution in [2.24, 2.45) is 10.8 Å². The van der Waals surface area contributed by atoms with Gasteiger partial charge in [-0.3, -0.25) is 20.0 Å². The molecule has 21 heteroatoms. The molecule has 0 spiro atoms. The molecule has 0 bridgehead atoms. The number of pyridine rings is 1. The predicted octanol–water partition coefficient (Wildman–Crippen LogP) is 4.99. The Balaban J connectivity index is 2.47. The summed E-state index contributed by atoms with van der Waals surface area (Å²) in [7, 11) is 1.73. The Labute approximate surface area is 304 Å². The lowest BCUT2D eigenvalue weighted by molar-refractivity contribution is -0.221. The molecule has 0 aliphatic carbocycles. The molecule has 1 unspecified atom stereocenters. The maximum absolute atomic E-state index is 14.1. The molecule has 3 atom stereocenters. The number of nitrogens with zero attached hydrogens (tertiary/aromatic N) is 2. The zero-order chi connectivity index (χ0) is 39.8. The fourth-order valence-electron chi connectivity index (χ4n) is 4.46. The topological polar surface area (TPSA) is 171 Å². The highest BCUT2D eigenvalue weighted by Gasteiger charge is 2.57. The van der Waals surface area contributed by atoms with Gasteiger partial charge in [-0.15, -0.1) is 0 Å². The average Bonchev–Trinajstić information content (AvgIpc) is 3.05. The first-order valence-corrected chi connectivity index (χ1v) is 15.9. The summed E-state index contributed by atoms with van der Waals surface area (Å²) in [5.74, 6) is -2.82. The lowest BCUT2D eigenvalue weighted by Crippen LogP contribution is -2.62. The summed E-state index contributed by atoms with van der Waals surface area (Å²) in [6.07, 6.45) is -13.0. The van der Waals surface area contributed by atoms with E-state index >= 15 is 0 Å². The Bertz CT molecular complexity index is 1560. The van der Waals surface area contributed by atoms with Crippen molar-refractivity contribution in [2.45, 2.75) is 64.8 Å². The Morgan fingerprint density at radius 1 is 0.846 bits per heavy atom. The Morgan fingerprint density at radius 2 is 1.33 bits per heavy atom. The summed E-state index contributed by atoms with van der Waals surface area (Å²) in [5.41, 5.74) is -2.48. The SMILES string of the molecule is COC(=O)NC(C(=O)NC[C@@H](O)CN(Cc1c(Cl)cc(-c2ccccn2)cc1Cl)NC(=O)[C@@H](NC(=O)OC)C(C)(C)C(F)(F)F)C(C)(C)C(F)(F)F. The van der Waals surface area contributed by atoms with E-state index in [1.54, 1.807) is 18.2 Å². The van der Waals surface area contributed by atoms with Gasteiger partial charge in [-0.05, 0) is 52.0 Å². The third-order valence-corrected chi connectivity index (χ3v) is 8.66. The maximum Gasteiger partial charge on any atom is 0.407 e. The number of nitrogens with one attached hydrogen (secondary N) is 4. The minimum Gasteiger partial charge on any atom is -0.453 e. The number of methoxy groups -OCH3 is 2. The molecule has 1 heterocycles. The van der Waals surface area contributed by atoms with Gasteiger partial charge in [0.1, 0.15) is 12.1 Å². The Morgan fingerprint density at radius 3 is 1.75 bits per heavy atom. The lowest BCUT2D eigenvalue weighted by Gasteiger charge is -2.37. The molecule has 0 aliphatic heterocycles. The summed E-state index contributed by atoms with van der Waals surface area (Å²) < 4.78 is 92.4. The van der Waals surface area contributed by atoms with Crippen LogP contribution in [0, 0.1) is 10.8 Å². The van der Waals surface area contributed by atoms with Gasteiger partial charge >= 0.3 is 24.5 Å². The van der Waals surface area contributed by atoms with E-state index in [2.05, 4.69) is 25.2 Å². The Kier molecular flexibility index (Phi) is 15.0. The van der Waals surface area contributed by atoms with E-state index in [0.29, 0.717) is 39.0 Å². The minimum absolute atomic E-state index is 0.00107. The van der Waals surface area contributed by atoms with Crippen LogP contribution in [0.5, 0.6) is 0 Å². The first-order valence-electron chi connectivity index (χ1n) is 15.1. The van der Waals surface area contributed by atoms with Crippen molar-refractivity contribution < 1.29 is 60.1 Å². The molecule has 0 radical (unpaired) electrons. The third kappa shape index (κ3) is 11.2. The summed E-state index contributed by atoms with van der Waals surface area (Å²) in [6.45, 7) is 0.581. The highest BCUT2D eigenvalue weighted by Crippen LogP contribution is 2.42. The number of hydrogen-bond acceptors (Lipinski definition) is 9. The quantitative estimate of drug-likeness (QED) is 0.131. The van der Waals surface area contributed by atoms with Gasteiger partial charge in [-0.1, -0.05) is 29.3 Å². The van der Waals surface area contributed by atoms with Crippen molar-refractivity contribution >= 4 is 47.2 Å². The number of hydrogen-bond donors (Lipinski definition) is 5. The maximum atomic E-state index is 14.1. The number of carbonyl (C=O) groups is 4. The molecule has 1 aromatic carbocycles. The van der Waals surface area contributed by atoms with Crippen LogP contribution in [0.1, 0.15) is 33.3 Å². The number of carbonyl (C=O) groups excluding carboxylic acids is 4. The molecule has 0 saturated carbocycles. The van der Waals surface area contributed by atoms with Crippen molar-refractivity contribution in [2.75, 3.05) is 27.3 Å². The van der Waals surface area contributed by atoms with Gasteiger partial charge < -0.3 is 30.5 Å². The number of amides is 4. The van der Waals surface area contributed by atoms with Crippen LogP contribution in [-0.2, 0) is 25.6 Å². The van der Waals surface area contributed by atoms with Crippen LogP contribution < -0.4 is 21.4 Å². The monoisotopic (exact) mass is 790 g/mol. The number of ether oxygens (including phenoxy) is 2. The van der Waals surface area contributed by atoms with E-state index < -0.39 is 85.0 Å². The second-order valence-electron chi connectivity index (χ2n) is 12.5. The smallest absolute Gasteiger partial charge is 0.407 e. The van der Waals surface area contributed by atoms with E-state index in [4.69, 9.17) is 23.2 Å². The van der Waals surface area contributed by atoms with E-state index in [1.165, 1.54) is 18.3 Å². The summed E-state index contributed by atoms with van der Waals surface area (Å²) in [6, 6.07) is 3.41. The van der Waals surface area contributed by atoms with Crippen molar-refractivity contribution in [3.63, 3.8) is 0 Å². The zero-order valence-electron chi connectivity index (χ0n) is 28.6.